The third-order valence-electron chi connectivity index (χ3n) is 3.31. The van der Waals surface area contributed by atoms with Gasteiger partial charge in [-0.3, -0.25) is 0 Å². The average molecular weight is 219 g/mol. The van der Waals surface area contributed by atoms with Gasteiger partial charge >= 0.3 is 0 Å². The molecule has 16 heavy (non-hydrogen) atoms. The molecule has 2 aromatic heterocycles. The molecule has 0 bridgehead atoms. The number of imidazole rings is 1. The Hall–Kier alpha value is -1.45. The van der Waals surface area contributed by atoms with Crippen molar-refractivity contribution in [2.45, 2.75) is 38.0 Å². The van der Waals surface area contributed by atoms with E-state index in [1.807, 2.05) is 0 Å². The number of hydrogen-bond donors (Lipinski definition) is 1. The third kappa shape index (κ3) is 1.68. The number of H-pyrrole nitrogens is 1. The maximum atomic E-state index is 13.0. The van der Waals surface area contributed by atoms with Gasteiger partial charge in [0, 0.05) is 12.0 Å². The molecule has 1 N–H and O–H groups in total. The van der Waals surface area contributed by atoms with Gasteiger partial charge in [0.2, 0.25) is 0 Å². The van der Waals surface area contributed by atoms with Crippen LogP contribution in [0.1, 0.15) is 43.8 Å². The highest BCUT2D eigenvalue weighted by molar-refractivity contribution is 5.70. The number of halogens is 1. The SMILES string of the molecule is Fc1cnc2nc(C3CCCCC3)[nH]c2c1. The summed E-state index contributed by atoms with van der Waals surface area (Å²) in [6, 6.07) is 1.46. The topological polar surface area (TPSA) is 41.6 Å². The first-order valence-electron chi connectivity index (χ1n) is 5.84. The molecule has 1 saturated carbocycles. The number of aromatic nitrogens is 3. The van der Waals surface area contributed by atoms with Gasteiger partial charge in [0.1, 0.15) is 11.6 Å². The monoisotopic (exact) mass is 219 g/mol. The van der Waals surface area contributed by atoms with Gasteiger partial charge in [-0.1, -0.05) is 19.3 Å². The Kier molecular flexibility index (Phi) is 2.35. The van der Waals surface area contributed by atoms with Crippen molar-refractivity contribution in [2.24, 2.45) is 0 Å². The normalized spacial score (nSPS) is 18.1. The first kappa shape index (κ1) is 9.75. The second-order valence-corrected chi connectivity index (χ2v) is 4.48. The highest BCUT2D eigenvalue weighted by Gasteiger charge is 2.19. The van der Waals surface area contributed by atoms with Crippen LogP contribution in [0.5, 0.6) is 0 Å². The molecule has 0 unspecified atom stereocenters. The van der Waals surface area contributed by atoms with Crippen molar-refractivity contribution >= 4 is 11.2 Å². The summed E-state index contributed by atoms with van der Waals surface area (Å²) in [5.41, 5.74) is 1.34. The van der Waals surface area contributed by atoms with Gasteiger partial charge in [-0.15, -0.1) is 0 Å². The van der Waals surface area contributed by atoms with Crippen LogP contribution in [0.25, 0.3) is 11.2 Å². The quantitative estimate of drug-likeness (QED) is 0.800. The molecular weight excluding hydrogens is 205 g/mol. The minimum absolute atomic E-state index is 0.314. The summed E-state index contributed by atoms with van der Waals surface area (Å²) in [5, 5.41) is 0. The summed E-state index contributed by atoms with van der Waals surface area (Å²) in [4.78, 5) is 11.6. The highest BCUT2D eigenvalue weighted by Crippen LogP contribution is 2.31. The van der Waals surface area contributed by atoms with E-state index in [9.17, 15) is 4.39 Å². The molecule has 0 aromatic carbocycles. The van der Waals surface area contributed by atoms with E-state index >= 15 is 0 Å². The van der Waals surface area contributed by atoms with Gasteiger partial charge in [0.25, 0.3) is 0 Å². The maximum Gasteiger partial charge on any atom is 0.177 e. The predicted molar refractivity (Wildman–Crippen MR) is 59.7 cm³/mol. The van der Waals surface area contributed by atoms with E-state index in [1.54, 1.807) is 0 Å². The first-order valence-corrected chi connectivity index (χ1v) is 5.84. The van der Waals surface area contributed by atoms with E-state index in [-0.39, 0.29) is 5.82 Å². The van der Waals surface area contributed by atoms with Crippen LogP contribution >= 0.6 is 0 Å². The lowest BCUT2D eigenvalue weighted by Crippen LogP contribution is -2.05. The predicted octanol–water partition coefficient (Wildman–Crippen LogP) is 3.14. The summed E-state index contributed by atoms with van der Waals surface area (Å²) < 4.78 is 13.0. The van der Waals surface area contributed by atoms with Crippen LogP contribution in [0.2, 0.25) is 0 Å². The van der Waals surface area contributed by atoms with Gasteiger partial charge < -0.3 is 4.98 Å². The molecule has 1 aliphatic rings. The fourth-order valence-electron chi connectivity index (χ4n) is 2.46. The number of nitrogens with zero attached hydrogens (tertiary/aromatic N) is 2. The third-order valence-corrected chi connectivity index (χ3v) is 3.31. The Morgan fingerprint density at radius 1 is 1.25 bits per heavy atom. The van der Waals surface area contributed by atoms with Gasteiger partial charge in [-0.2, -0.15) is 0 Å². The fourth-order valence-corrected chi connectivity index (χ4v) is 2.46. The molecule has 0 atom stereocenters. The lowest BCUT2D eigenvalue weighted by molar-refractivity contribution is 0.431. The molecule has 1 fully saturated rings. The van der Waals surface area contributed by atoms with Gasteiger partial charge in [0.05, 0.1) is 11.7 Å². The van der Waals surface area contributed by atoms with Crippen LogP contribution in [0.3, 0.4) is 0 Å². The van der Waals surface area contributed by atoms with Crippen LogP contribution in [-0.2, 0) is 0 Å². The van der Waals surface area contributed by atoms with Crippen molar-refractivity contribution in [3.8, 4) is 0 Å². The first-order chi connectivity index (χ1) is 7.83. The molecule has 1 aliphatic carbocycles. The van der Waals surface area contributed by atoms with Crippen molar-refractivity contribution < 1.29 is 4.39 Å². The zero-order valence-electron chi connectivity index (χ0n) is 9.04. The van der Waals surface area contributed by atoms with Crippen LogP contribution in [-0.4, -0.2) is 15.0 Å². The molecular formula is C12H14FN3. The number of rotatable bonds is 1. The van der Waals surface area contributed by atoms with Crippen molar-refractivity contribution in [3.05, 3.63) is 23.9 Å². The number of fused-ring (bicyclic) bond motifs is 1. The second-order valence-electron chi connectivity index (χ2n) is 4.48. The molecule has 0 radical (unpaired) electrons. The lowest BCUT2D eigenvalue weighted by atomic mass is 9.89. The van der Waals surface area contributed by atoms with E-state index in [1.165, 1.54) is 44.4 Å². The van der Waals surface area contributed by atoms with Crippen LogP contribution in [0, 0.1) is 5.82 Å². The summed E-state index contributed by atoms with van der Waals surface area (Å²) in [7, 11) is 0. The van der Waals surface area contributed by atoms with E-state index in [0.29, 0.717) is 17.1 Å². The Bertz CT molecular complexity index is 500. The molecule has 3 rings (SSSR count). The zero-order chi connectivity index (χ0) is 11.0. The Balaban J connectivity index is 1.97. The minimum Gasteiger partial charge on any atom is -0.340 e. The van der Waals surface area contributed by atoms with Crippen molar-refractivity contribution in [3.63, 3.8) is 0 Å². The van der Waals surface area contributed by atoms with Gasteiger partial charge in [-0.05, 0) is 12.8 Å². The Morgan fingerprint density at radius 2 is 2.06 bits per heavy atom. The van der Waals surface area contributed by atoms with E-state index in [4.69, 9.17) is 0 Å². The minimum atomic E-state index is -0.314. The maximum absolute atomic E-state index is 13.0. The molecule has 2 aromatic rings. The van der Waals surface area contributed by atoms with Gasteiger partial charge in [-0.25, -0.2) is 14.4 Å². The molecule has 4 heteroatoms. The number of hydrogen-bond acceptors (Lipinski definition) is 2. The molecule has 0 spiro atoms. The lowest BCUT2D eigenvalue weighted by Gasteiger charge is -2.18. The van der Waals surface area contributed by atoms with Crippen molar-refractivity contribution in [1.82, 2.24) is 15.0 Å². The molecule has 3 nitrogen and oxygen atoms in total. The molecule has 84 valence electrons. The van der Waals surface area contributed by atoms with Gasteiger partial charge in [0.15, 0.2) is 5.65 Å². The Labute approximate surface area is 93.1 Å². The standard InChI is InChI=1S/C12H14FN3/c13-9-6-10-12(14-7-9)16-11(15-10)8-4-2-1-3-5-8/h6-8H,1-5H2,(H,14,15,16). The Morgan fingerprint density at radius 3 is 2.88 bits per heavy atom. The summed E-state index contributed by atoms with van der Waals surface area (Å²) in [6.45, 7) is 0. The fraction of sp³-hybridized carbons (Fsp3) is 0.500. The molecule has 0 aliphatic heterocycles. The van der Waals surface area contributed by atoms with Crippen molar-refractivity contribution in [1.29, 1.82) is 0 Å². The molecule has 0 amide bonds. The molecule has 0 saturated heterocycles. The highest BCUT2D eigenvalue weighted by atomic mass is 19.1. The molecule has 2 heterocycles. The smallest absolute Gasteiger partial charge is 0.177 e. The number of aromatic amines is 1. The average Bonchev–Trinajstić information content (AvgIpc) is 2.73. The zero-order valence-corrected chi connectivity index (χ0v) is 9.04. The number of pyridine rings is 1. The summed E-state index contributed by atoms with van der Waals surface area (Å²) in [5.74, 6) is 1.17. The van der Waals surface area contributed by atoms with E-state index < -0.39 is 0 Å². The van der Waals surface area contributed by atoms with Crippen LogP contribution in [0.15, 0.2) is 12.3 Å². The van der Waals surface area contributed by atoms with Crippen LogP contribution in [0.4, 0.5) is 4.39 Å². The van der Waals surface area contributed by atoms with E-state index in [2.05, 4.69) is 15.0 Å². The van der Waals surface area contributed by atoms with Crippen molar-refractivity contribution in [2.75, 3.05) is 0 Å². The number of nitrogens with one attached hydrogen (secondary N) is 1. The van der Waals surface area contributed by atoms with E-state index in [0.717, 1.165) is 5.82 Å². The second kappa shape index (κ2) is 3.85. The largest absolute Gasteiger partial charge is 0.340 e. The van der Waals surface area contributed by atoms with Crippen LogP contribution < -0.4 is 0 Å². The summed E-state index contributed by atoms with van der Waals surface area (Å²) >= 11 is 0. The summed E-state index contributed by atoms with van der Waals surface area (Å²) in [6.07, 6.45) is 7.44.